The van der Waals surface area contributed by atoms with E-state index < -0.39 is 0 Å². The van der Waals surface area contributed by atoms with Crippen LogP contribution in [-0.2, 0) is 0 Å². The van der Waals surface area contributed by atoms with E-state index in [4.69, 9.17) is 4.74 Å². The minimum absolute atomic E-state index is 0. The maximum atomic E-state index is 10.5. The Morgan fingerprint density at radius 1 is 0.812 bits per heavy atom. The summed E-state index contributed by atoms with van der Waals surface area (Å²) in [6.45, 7) is 10.4. The summed E-state index contributed by atoms with van der Waals surface area (Å²) in [6, 6.07) is 8.45. The zero-order valence-corrected chi connectivity index (χ0v) is 22.0. The van der Waals surface area contributed by atoms with Gasteiger partial charge in [-0.2, -0.15) is 0 Å². The summed E-state index contributed by atoms with van der Waals surface area (Å²) < 4.78 is 5.82. The summed E-state index contributed by atoms with van der Waals surface area (Å²) in [7, 11) is 0. The summed E-state index contributed by atoms with van der Waals surface area (Å²) in [5.41, 5.74) is 1.30. The molecule has 0 aliphatic carbocycles. The molecule has 4 nitrogen and oxygen atoms in total. The number of halogens is 2. The molecule has 6 heteroatoms. The second-order valence-electron chi connectivity index (χ2n) is 9.11. The molecular formula is C26H48Cl2N2O2. The first-order valence-corrected chi connectivity index (χ1v) is 12.8. The molecular weight excluding hydrogens is 443 g/mol. The van der Waals surface area contributed by atoms with E-state index in [0.717, 1.165) is 44.9 Å². The number of rotatable bonds is 16. The molecule has 1 unspecified atom stereocenters. The van der Waals surface area contributed by atoms with Crippen molar-refractivity contribution >= 4 is 5.69 Å². The average Bonchev–Trinajstić information content (AvgIpc) is 2.76. The Bertz CT molecular complexity index is 554. The van der Waals surface area contributed by atoms with Gasteiger partial charge in [-0.3, -0.25) is 4.90 Å². The molecule has 1 atom stereocenters. The van der Waals surface area contributed by atoms with E-state index in [-0.39, 0.29) is 30.9 Å². The second kappa shape index (κ2) is 19.9. The van der Waals surface area contributed by atoms with Gasteiger partial charge < -0.3 is 39.6 Å². The molecule has 0 saturated carbocycles. The minimum Gasteiger partial charge on any atom is -1.00 e. The van der Waals surface area contributed by atoms with Crippen molar-refractivity contribution in [1.82, 2.24) is 0 Å². The van der Waals surface area contributed by atoms with Gasteiger partial charge in [0, 0.05) is 6.07 Å². The van der Waals surface area contributed by atoms with E-state index in [2.05, 4.69) is 31.2 Å². The lowest BCUT2D eigenvalue weighted by molar-refractivity contribution is -0.988. The summed E-state index contributed by atoms with van der Waals surface area (Å²) in [5, 5.41) is 10.5. The molecule has 1 aromatic carbocycles. The number of aliphatic hydroxyl groups excluding tert-OH is 1. The van der Waals surface area contributed by atoms with Gasteiger partial charge in [0.2, 0.25) is 0 Å². The van der Waals surface area contributed by atoms with Crippen molar-refractivity contribution < 1.29 is 44.5 Å². The predicted molar refractivity (Wildman–Crippen MR) is 126 cm³/mol. The van der Waals surface area contributed by atoms with Crippen LogP contribution in [0.1, 0.15) is 84.5 Å². The number of hydrogen-bond donors (Lipinski definition) is 3. The van der Waals surface area contributed by atoms with E-state index in [9.17, 15) is 5.11 Å². The van der Waals surface area contributed by atoms with Crippen molar-refractivity contribution in [2.75, 3.05) is 39.3 Å². The van der Waals surface area contributed by atoms with Gasteiger partial charge in [0.25, 0.3) is 0 Å². The van der Waals surface area contributed by atoms with E-state index >= 15 is 0 Å². The number of quaternary nitrogens is 2. The van der Waals surface area contributed by atoms with Gasteiger partial charge >= 0.3 is 0 Å². The van der Waals surface area contributed by atoms with Crippen LogP contribution < -0.4 is 39.4 Å². The van der Waals surface area contributed by atoms with Gasteiger partial charge in [0.05, 0.1) is 6.61 Å². The van der Waals surface area contributed by atoms with Crippen LogP contribution in [-0.4, -0.2) is 50.5 Å². The fourth-order valence-corrected chi connectivity index (χ4v) is 4.72. The van der Waals surface area contributed by atoms with E-state index in [1.54, 1.807) is 4.90 Å². The lowest BCUT2D eigenvalue weighted by Gasteiger charge is -2.31. The Morgan fingerprint density at radius 2 is 1.38 bits per heavy atom. The van der Waals surface area contributed by atoms with Crippen LogP contribution in [0.2, 0.25) is 0 Å². The molecule has 1 aliphatic rings. The second-order valence-corrected chi connectivity index (χ2v) is 9.11. The Morgan fingerprint density at radius 3 is 1.97 bits per heavy atom. The molecule has 0 radical (unpaired) electrons. The molecule has 1 saturated heterocycles. The minimum atomic E-state index is -0.133. The van der Waals surface area contributed by atoms with Gasteiger partial charge in [-0.1, -0.05) is 83.3 Å². The van der Waals surface area contributed by atoms with E-state index in [0.29, 0.717) is 6.61 Å². The Kier molecular flexibility index (Phi) is 19.6. The molecule has 32 heavy (non-hydrogen) atoms. The van der Waals surface area contributed by atoms with Crippen LogP contribution in [0.15, 0.2) is 24.3 Å². The number of nitrogens with one attached hydrogen (secondary N) is 2. The Balaban J connectivity index is 0.00000480. The van der Waals surface area contributed by atoms with Crippen LogP contribution in [0, 0.1) is 0 Å². The Hall–Kier alpha value is -0.520. The number of ether oxygens (including phenoxy) is 1. The number of unbranched alkanes of at least 4 members (excludes halogenated alkanes) is 9. The third kappa shape index (κ3) is 12.6. The van der Waals surface area contributed by atoms with Gasteiger partial charge in [-0.05, 0) is 19.4 Å². The van der Waals surface area contributed by atoms with Gasteiger partial charge in [-0.15, -0.1) is 0 Å². The largest absolute Gasteiger partial charge is 1.00 e. The normalized spacial score (nSPS) is 19.0. The summed E-state index contributed by atoms with van der Waals surface area (Å²) >= 11 is 0. The Labute approximate surface area is 209 Å². The number of piperazine rings is 1. The fourth-order valence-electron chi connectivity index (χ4n) is 4.72. The average molecular weight is 492 g/mol. The van der Waals surface area contributed by atoms with Crippen molar-refractivity contribution in [2.24, 2.45) is 0 Å². The number of aliphatic hydroxyl groups is 1. The highest BCUT2D eigenvalue weighted by molar-refractivity contribution is 5.45. The van der Waals surface area contributed by atoms with Crippen molar-refractivity contribution in [2.45, 2.75) is 90.6 Å². The van der Waals surface area contributed by atoms with E-state index in [1.807, 2.05) is 6.92 Å². The standard InChI is InChI=1S/C26H46N2O2.2ClH/c1-3-5-6-7-8-9-10-11-12-13-16-24(29)23-27-19-21-28(22-20-27)25-17-14-15-18-26(25)30-4-2;;/h14-15,17-18,24,29H,3-13,16,19-23H2,1-2H3;2*1H. The summed E-state index contributed by atoms with van der Waals surface area (Å²) in [4.78, 5) is 3.08. The molecule has 0 amide bonds. The molecule has 1 heterocycles. The van der Waals surface area contributed by atoms with Crippen LogP contribution in [0.5, 0.6) is 5.75 Å². The van der Waals surface area contributed by atoms with Crippen molar-refractivity contribution in [1.29, 1.82) is 0 Å². The molecule has 1 aliphatic heterocycles. The van der Waals surface area contributed by atoms with Crippen molar-refractivity contribution in [3.8, 4) is 5.75 Å². The van der Waals surface area contributed by atoms with Gasteiger partial charge in [-0.25, -0.2) is 0 Å². The van der Waals surface area contributed by atoms with Crippen LogP contribution in [0.3, 0.4) is 0 Å². The predicted octanol–water partition coefficient (Wildman–Crippen LogP) is -2.82. The zero-order valence-electron chi connectivity index (χ0n) is 20.5. The van der Waals surface area contributed by atoms with Crippen LogP contribution in [0.4, 0.5) is 5.69 Å². The third-order valence-electron chi connectivity index (χ3n) is 6.54. The van der Waals surface area contributed by atoms with Gasteiger partial charge in [0.15, 0.2) is 11.4 Å². The molecule has 0 aromatic heterocycles. The lowest BCUT2D eigenvalue weighted by Crippen LogP contribution is -3.26. The number of benzene rings is 1. The summed E-state index contributed by atoms with van der Waals surface area (Å²) in [5.74, 6) is 1.03. The van der Waals surface area contributed by atoms with Crippen molar-refractivity contribution in [3.63, 3.8) is 0 Å². The molecule has 1 fully saturated rings. The van der Waals surface area contributed by atoms with E-state index in [1.165, 1.54) is 74.8 Å². The number of hydrogen-bond acceptors (Lipinski definition) is 2. The molecule has 1 aromatic rings. The van der Waals surface area contributed by atoms with Gasteiger partial charge in [0.1, 0.15) is 38.8 Å². The maximum Gasteiger partial charge on any atom is 0.179 e. The smallest absolute Gasteiger partial charge is 0.179 e. The first kappa shape index (κ1) is 31.5. The highest BCUT2D eigenvalue weighted by Crippen LogP contribution is 2.19. The third-order valence-corrected chi connectivity index (χ3v) is 6.54. The molecule has 2 rings (SSSR count). The first-order valence-electron chi connectivity index (χ1n) is 12.8. The quantitative estimate of drug-likeness (QED) is 0.219. The topological polar surface area (TPSA) is 38.3 Å². The SMILES string of the molecule is CCCCCCCCCCCCC(O)C[NH+]1CC[NH+](c2ccccc2OCC)CC1.[Cl-].[Cl-]. The van der Waals surface area contributed by atoms with Crippen LogP contribution >= 0.6 is 0 Å². The van der Waals surface area contributed by atoms with Crippen LogP contribution in [0.25, 0.3) is 0 Å². The molecule has 0 bridgehead atoms. The molecule has 3 N–H and O–H groups in total. The molecule has 0 spiro atoms. The zero-order chi connectivity index (χ0) is 21.4. The fraction of sp³-hybridized carbons (Fsp3) is 0.769. The highest BCUT2D eigenvalue weighted by atomic mass is 35.5. The monoisotopic (exact) mass is 490 g/mol. The lowest BCUT2D eigenvalue weighted by atomic mass is 10.0. The maximum absolute atomic E-state index is 10.5. The van der Waals surface area contributed by atoms with Crippen molar-refractivity contribution in [3.05, 3.63) is 24.3 Å². The number of para-hydroxylation sites is 2. The summed E-state index contributed by atoms with van der Waals surface area (Å²) in [6.07, 6.45) is 14.4. The highest BCUT2D eigenvalue weighted by Gasteiger charge is 2.27. The molecule has 188 valence electrons. The first-order chi connectivity index (χ1) is 14.7.